The summed E-state index contributed by atoms with van der Waals surface area (Å²) in [5, 5.41) is 0. The van der Waals surface area contributed by atoms with Crippen molar-refractivity contribution in [3.63, 3.8) is 0 Å². The van der Waals surface area contributed by atoms with E-state index in [1.54, 1.807) is 0 Å². The first-order valence-corrected chi connectivity index (χ1v) is 4.40. The lowest BCUT2D eigenvalue weighted by molar-refractivity contribution is -0.131. The maximum Gasteiger partial charge on any atom is 0.315 e. The van der Waals surface area contributed by atoms with E-state index in [4.69, 9.17) is 4.43 Å². The molecule has 56 valence electrons. The highest BCUT2D eigenvalue weighted by atomic mass is 28.2. The number of hydrogen-bond acceptors (Lipinski definition) is 2. The van der Waals surface area contributed by atoms with Crippen LogP contribution in [0.1, 0.15) is 20.3 Å². The molecule has 10 heavy (non-hydrogen) atoms. The second-order valence-corrected chi connectivity index (χ2v) is 2.84. The summed E-state index contributed by atoms with van der Waals surface area (Å²) in [5.74, 6) is -0.182. The van der Waals surface area contributed by atoms with E-state index in [1.165, 1.54) is 6.92 Å². The molecule has 0 aliphatic carbocycles. The Bertz CT molecular complexity index is 121. The first-order valence-electron chi connectivity index (χ1n) is 3.28. The van der Waals surface area contributed by atoms with Crippen LogP contribution in [0, 0.1) is 0 Å². The van der Waals surface area contributed by atoms with Crippen molar-refractivity contribution in [3.05, 3.63) is 12.2 Å². The van der Waals surface area contributed by atoms with Crippen LogP contribution >= 0.6 is 0 Å². The summed E-state index contributed by atoms with van der Waals surface area (Å²) in [6.45, 7) is 3.41. The van der Waals surface area contributed by atoms with Crippen molar-refractivity contribution in [1.29, 1.82) is 0 Å². The Morgan fingerprint density at radius 1 is 1.70 bits per heavy atom. The molecule has 0 spiro atoms. The van der Waals surface area contributed by atoms with Crippen LogP contribution in [-0.2, 0) is 9.22 Å². The lowest BCUT2D eigenvalue weighted by Gasteiger charge is -1.94. The van der Waals surface area contributed by atoms with Gasteiger partial charge < -0.3 is 4.43 Å². The van der Waals surface area contributed by atoms with E-state index in [-0.39, 0.29) is 5.97 Å². The lowest BCUT2D eigenvalue weighted by atomic mass is 10.4. The number of hydrogen-bond donors (Lipinski definition) is 0. The Kier molecular flexibility index (Phi) is 6.17. The van der Waals surface area contributed by atoms with E-state index in [2.05, 4.69) is 6.08 Å². The van der Waals surface area contributed by atoms with E-state index >= 15 is 0 Å². The molecule has 0 aliphatic rings. The molecule has 0 bridgehead atoms. The van der Waals surface area contributed by atoms with Crippen LogP contribution in [0.2, 0.25) is 6.04 Å². The minimum atomic E-state index is -0.182. The molecule has 0 saturated carbocycles. The summed E-state index contributed by atoms with van der Waals surface area (Å²) in [5.41, 5.74) is 0. The fourth-order valence-corrected chi connectivity index (χ4v) is 1.05. The molecule has 0 atom stereocenters. The van der Waals surface area contributed by atoms with Crippen LogP contribution < -0.4 is 0 Å². The second-order valence-electron chi connectivity index (χ2n) is 1.85. The minimum absolute atomic E-state index is 0.182. The first-order chi connectivity index (χ1) is 4.77. The minimum Gasteiger partial charge on any atom is -0.517 e. The van der Waals surface area contributed by atoms with Gasteiger partial charge in [-0.05, 0) is 19.4 Å². The van der Waals surface area contributed by atoms with Gasteiger partial charge in [-0.3, -0.25) is 4.79 Å². The van der Waals surface area contributed by atoms with Crippen LogP contribution in [0.5, 0.6) is 0 Å². The van der Waals surface area contributed by atoms with Crippen LogP contribution in [-0.4, -0.2) is 15.7 Å². The zero-order valence-corrected chi connectivity index (χ0v) is 7.39. The van der Waals surface area contributed by atoms with E-state index in [0.717, 1.165) is 12.5 Å². The lowest BCUT2D eigenvalue weighted by Crippen LogP contribution is -2.02. The van der Waals surface area contributed by atoms with Crippen LogP contribution in [0.15, 0.2) is 12.2 Å². The second kappa shape index (κ2) is 6.55. The summed E-state index contributed by atoms with van der Waals surface area (Å²) in [7, 11) is 0.322. The molecule has 0 fully saturated rings. The topological polar surface area (TPSA) is 26.3 Å². The summed E-state index contributed by atoms with van der Waals surface area (Å²) in [4.78, 5) is 10.2. The smallest absolute Gasteiger partial charge is 0.315 e. The average Bonchev–Trinajstić information content (AvgIpc) is 1.87. The van der Waals surface area contributed by atoms with Gasteiger partial charge in [-0.2, -0.15) is 0 Å². The molecule has 0 saturated heterocycles. The van der Waals surface area contributed by atoms with Crippen LogP contribution in [0.25, 0.3) is 0 Å². The monoisotopic (exact) mass is 156 g/mol. The highest BCUT2D eigenvalue weighted by Gasteiger charge is 1.93. The Morgan fingerprint density at radius 3 is 2.90 bits per heavy atom. The number of rotatable bonds is 4. The Morgan fingerprint density at radius 2 is 2.40 bits per heavy atom. The van der Waals surface area contributed by atoms with Gasteiger partial charge in [0.05, 0.1) is 0 Å². The number of carbonyl (C=O) groups is 1. The standard InChI is InChI=1S/C7H12O2Si/c1-3-4-5-6-10-9-7(2)8/h3-4H,5-6H2,1-2H3/b4-3+. The zero-order chi connectivity index (χ0) is 7.82. The van der Waals surface area contributed by atoms with Crippen molar-refractivity contribution in [2.75, 3.05) is 0 Å². The number of carbonyl (C=O) groups excluding carboxylic acids is 1. The molecular weight excluding hydrogens is 144 g/mol. The maximum absolute atomic E-state index is 10.2. The van der Waals surface area contributed by atoms with Crippen molar-refractivity contribution in [3.8, 4) is 0 Å². The largest absolute Gasteiger partial charge is 0.517 e. The van der Waals surface area contributed by atoms with Crippen molar-refractivity contribution >= 4 is 15.7 Å². The fraction of sp³-hybridized carbons (Fsp3) is 0.571. The Balaban J connectivity index is 2.98. The van der Waals surface area contributed by atoms with Gasteiger partial charge in [0.1, 0.15) is 0 Å². The summed E-state index contributed by atoms with van der Waals surface area (Å²) in [6.07, 6.45) is 5.07. The van der Waals surface area contributed by atoms with Gasteiger partial charge in [0.25, 0.3) is 5.97 Å². The van der Waals surface area contributed by atoms with Gasteiger partial charge in [0, 0.05) is 6.92 Å². The molecule has 2 nitrogen and oxygen atoms in total. The quantitative estimate of drug-likeness (QED) is 0.351. The molecule has 0 aromatic heterocycles. The summed E-state index contributed by atoms with van der Waals surface area (Å²) >= 11 is 0. The highest BCUT2D eigenvalue weighted by Crippen LogP contribution is 1.90. The summed E-state index contributed by atoms with van der Waals surface area (Å²) < 4.78 is 4.74. The normalized spacial score (nSPS) is 10.2. The Hall–Kier alpha value is -0.573. The molecule has 0 aromatic carbocycles. The van der Waals surface area contributed by atoms with Crippen LogP contribution in [0.3, 0.4) is 0 Å². The van der Waals surface area contributed by atoms with Gasteiger partial charge in [-0.15, -0.1) is 0 Å². The third kappa shape index (κ3) is 7.43. The molecule has 0 amide bonds. The van der Waals surface area contributed by atoms with Crippen molar-refractivity contribution in [2.24, 2.45) is 0 Å². The van der Waals surface area contributed by atoms with Gasteiger partial charge in [0.2, 0.25) is 0 Å². The predicted molar refractivity (Wildman–Crippen MR) is 41.8 cm³/mol. The molecule has 0 aromatic rings. The maximum atomic E-state index is 10.2. The van der Waals surface area contributed by atoms with E-state index in [0.29, 0.717) is 9.76 Å². The van der Waals surface area contributed by atoms with Crippen molar-refractivity contribution < 1.29 is 9.22 Å². The van der Waals surface area contributed by atoms with Gasteiger partial charge in [0.15, 0.2) is 0 Å². The van der Waals surface area contributed by atoms with E-state index in [1.807, 2.05) is 13.0 Å². The predicted octanol–water partition coefficient (Wildman–Crippen LogP) is 1.55. The molecule has 0 unspecified atom stereocenters. The molecule has 0 heterocycles. The molecule has 0 rings (SSSR count). The number of allylic oxidation sites excluding steroid dienone is 2. The van der Waals surface area contributed by atoms with Gasteiger partial charge >= 0.3 is 9.76 Å². The molecule has 3 heteroatoms. The first kappa shape index (κ1) is 9.43. The Labute approximate surface area is 64.2 Å². The van der Waals surface area contributed by atoms with Crippen LogP contribution in [0.4, 0.5) is 0 Å². The molecule has 0 N–H and O–H groups in total. The zero-order valence-electron chi connectivity index (χ0n) is 6.39. The molecule has 2 radical (unpaired) electrons. The SMILES string of the molecule is C/C=C/CC[Si]OC(C)=O. The summed E-state index contributed by atoms with van der Waals surface area (Å²) in [6, 6.07) is 0.948. The molecular formula is C7H12O2Si. The fourth-order valence-electron chi connectivity index (χ4n) is 0.462. The third-order valence-corrected chi connectivity index (χ3v) is 1.79. The van der Waals surface area contributed by atoms with Crippen molar-refractivity contribution in [2.45, 2.75) is 26.3 Å². The van der Waals surface area contributed by atoms with Gasteiger partial charge in [-0.25, -0.2) is 0 Å². The average molecular weight is 156 g/mol. The van der Waals surface area contributed by atoms with E-state index in [9.17, 15) is 4.79 Å². The third-order valence-electron chi connectivity index (χ3n) is 0.865. The van der Waals surface area contributed by atoms with E-state index < -0.39 is 0 Å². The highest BCUT2D eigenvalue weighted by molar-refractivity contribution is 6.30. The van der Waals surface area contributed by atoms with Crippen molar-refractivity contribution in [1.82, 2.24) is 0 Å². The van der Waals surface area contributed by atoms with Gasteiger partial charge in [-0.1, -0.05) is 12.2 Å². The molecule has 0 aliphatic heterocycles.